The van der Waals surface area contributed by atoms with Crippen molar-refractivity contribution in [2.45, 2.75) is 51.9 Å². The molecule has 0 spiro atoms. The third-order valence-corrected chi connectivity index (χ3v) is 6.02. The Morgan fingerprint density at radius 2 is 1.48 bits per heavy atom. The molecule has 2 aliphatic rings. The highest BCUT2D eigenvalue weighted by atomic mass is 16.2. The van der Waals surface area contributed by atoms with Crippen LogP contribution < -0.4 is 15.2 Å². The highest BCUT2D eigenvalue weighted by molar-refractivity contribution is 6.01. The number of hydrazone groups is 1. The van der Waals surface area contributed by atoms with Crippen LogP contribution in [0.25, 0.3) is 0 Å². The molecule has 2 aromatic rings. The number of aromatic nitrogens is 2. The number of pyridine rings is 2. The fourth-order valence-corrected chi connectivity index (χ4v) is 4.23. The van der Waals surface area contributed by atoms with Crippen LogP contribution in [0.15, 0.2) is 41.8 Å². The first kappa shape index (κ1) is 21.3. The van der Waals surface area contributed by atoms with Crippen molar-refractivity contribution in [2.24, 2.45) is 5.10 Å². The summed E-state index contributed by atoms with van der Waals surface area (Å²) in [4.78, 5) is 26.3. The zero-order valence-corrected chi connectivity index (χ0v) is 18.4. The molecule has 0 saturated carbocycles. The van der Waals surface area contributed by atoms with Gasteiger partial charge in [-0.3, -0.25) is 14.8 Å². The largest absolute Gasteiger partial charge is 0.371 e. The minimum absolute atomic E-state index is 0.286. The molecule has 4 heterocycles. The van der Waals surface area contributed by atoms with Gasteiger partial charge in [0.2, 0.25) is 0 Å². The fraction of sp³-hybridized carbons (Fsp3) is 0.500. The first-order valence-corrected chi connectivity index (χ1v) is 11.5. The van der Waals surface area contributed by atoms with Crippen LogP contribution in [0.1, 0.15) is 68.1 Å². The Hall–Kier alpha value is -2.96. The maximum absolute atomic E-state index is 12.8. The summed E-state index contributed by atoms with van der Waals surface area (Å²) in [6.45, 7) is 6.38. The van der Waals surface area contributed by atoms with Gasteiger partial charge >= 0.3 is 0 Å². The summed E-state index contributed by atoms with van der Waals surface area (Å²) in [7, 11) is 0. The smallest absolute Gasteiger partial charge is 0.290 e. The van der Waals surface area contributed by atoms with Crippen molar-refractivity contribution in [1.82, 2.24) is 15.4 Å². The van der Waals surface area contributed by atoms with E-state index in [2.05, 4.69) is 49.4 Å². The van der Waals surface area contributed by atoms with Gasteiger partial charge in [-0.1, -0.05) is 13.3 Å². The second-order valence-electron chi connectivity index (χ2n) is 8.29. The average Bonchev–Trinajstić information content (AvgIpc) is 3.54. The van der Waals surface area contributed by atoms with Crippen LogP contribution in [0.5, 0.6) is 0 Å². The molecule has 1 N–H and O–H groups in total. The van der Waals surface area contributed by atoms with E-state index >= 15 is 0 Å². The highest BCUT2D eigenvalue weighted by Crippen LogP contribution is 2.22. The van der Waals surface area contributed by atoms with E-state index in [-0.39, 0.29) is 5.91 Å². The molecule has 2 aliphatic heterocycles. The third-order valence-electron chi connectivity index (χ3n) is 6.02. The molecule has 2 aromatic heterocycles. The molecule has 2 fully saturated rings. The Morgan fingerprint density at radius 3 is 2.06 bits per heavy atom. The topological polar surface area (TPSA) is 73.7 Å². The zero-order valence-electron chi connectivity index (χ0n) is 18.4. The van der Waals surface area contributed by atoms with Gasteiger partial charge in [-0.25, -0.2) is 5.43 Å². The van der Waals surface area contributed by atoms with Gasteiger partial charge in [0.05, 0.1) is 11.4 Å². The molecule has 7 nitrogen and oxygen atoms in total. The van der Waals surface area contributed by atoms with E-state index in [4.69, 9.17) is 0 Å². The van der Waals surface area contributed by atoms with E-state index in [9.17, 15) is 4.79 Å². The summed E-state index contributed by atoms with van der Waals surface area (Å²) in [5.41, 5.74) is 6.99. The first-order valence-electron chi connectivity index (χ1n) is 11.5. The van der Waals surface area contributed by atoms with Crippen molar-refractivity contribution in [3.63, 3.8) is 0 Å². The maximum atomic E-state index is 12.8. The van der Waals surface area contributed by atoms with Crippen LogP contribution in [0, 0.1) is 0 Å². The van der Waals surface area contributed by atoms with Crippen LogP contribution in [0.2, 0.25) is 0 Å². The third kappa shape index (κ3) is 5.40. The molecule has 0 bridgehead atoms. The van der Waals surface area contributed by atoms with Crippen molar-refractivity contribution >= 4 is 23.0 Å². The standard InChI is InChI=1S/C24H32N6O/c1-2-3-8-21(22-17-19(9-11-25-22)29-13-4-5-14-29)27-28-24(31)23-18-20(10-12-26-23)30-15-6-7-16-30/h9-12,17-18H,2-8,13-16H2,1H3,(H,28,31)/b27-21-. The van der Waals surface area contributed by atoms with Gasteiger partial charge in [0, 0.05) is 49.9 Å². The predicted octanol–water partition coefficient (Wildman–Crippen LogP) is 4.00. The molecule has 0 unspecified atom stereocenters. The Labute approximate surface area is 184 Å². The number of amides is 1. The molecule has 1 amide bonds. The molecule has 4 rings (SSSR count). The van der Waals surface area contributed by atoms with E-state index in [1.54, 1.807) is 6.20 Å². The number of rotatable bonds is 8. The van der Waals surface area contributed by atoms with E-state index in [1.807, 2.05) is 18.3 Å². The molecule has 0 radical (unpaired) electrons. The van der Waals surface area contributed by atoms with E-state index in [0.717, 1.165) is 62.5 Å². The summed E-state index contributed by atoms with van der Waals surface area (Å²) >= 11 is 0. The average molecular weight is 421 g/mol. The van der Waals surface area contributed by atoms with Gasteiger partial charge in [-0.05, 0) is 62.8 Å². The van der Waals surface area contributed by atoms with Crippen molar-refractivity contribution in [3.05, 3.63) is 48.0 Å². The Kier molecular flexibility index (Phi) is 7.12. The van der Waals surface area contributed by atoms with Gasteiger partial charge in [-0.15, -0.1) is 0 Å². The van der Waals surface area contributed by atoms with Gasteiger partial charge in [0.15, 0.2) is 0 Å². The fourth-order valence-electron chi connectivity index (χ4n) is 4.23. The summed E-state index contributed by atoms with van der Waals surface area (Å²) in [6.07, 6.45) is 11.2. The van der Waals surface area contributed by atoms with Gasteiger partial charge < -0.3 is 9.80 Å². The Morgan fingerprint density at radius 1 is 0.935 bits per heavy atom. The van der Waals surface area contributed by atoms with Crippen LogP contribution in [0.3, 0.4) is 0 Å². The first-order chi connectivity index (χ1) is 15.2. The molecule has 0 aromatic carbocycles. The summed E-state index contributed by atoms with van der Waals surface area (Å²) in [6, 6.07) is 7.97. The lowest BCUT2D eigenvalue weighted by Gasteiger charge is -2.18. The van der Waals surface area contributed by atoms with Crippen molar-refractivity contribution in [1.29, 1.82) is 0 Å². The minimum Gasteiger partial charge on any atom is -0.371 e. The van der Waals surface area contributed by atoms with Crippen LogP contribution >= 0.6 is 0 Å². The molecular weight excluding hydrogens is 388 g/mol. The van der Waals surface area contributed by atoms with Crippen LogP contribution in [-0.2, 0) is 0 Å². The zero-order chi connectivity index (χ0) is 21.5. The van der Waals surface area contributed by atoms with Gasteiger partial charge in [0.25, 0.3) is 5.91 Å². The summed E-state index contributed by atoms with van der Waals surface area (Å²) in [5.74, 6) is -0.286. The number of hydrogen-bond acceptors (Lipinski definition) is 6. The van der Waals surface area contributed by atoms with Crippen molar-refractivity contribution in [2.75, 3.05) is 36.0 Å². The number of carbonyl (C=O) groups is 1. The summed E-state index contributed by atoms with van der Waals surface area (Å²) in [5, 5.41) is 4.49. The molecule has 31 heavy (non-hydrogen) atoms. The number of anilines is 2. The van der Waals surface area contributed by atoms with Crippen LogP contribution in [-0.4, -0.2) is 47.8 Å². The molecule has 0 atom stereocenters. The van der Waals surface area contributed by atoms with E-state index in [1.165, 1.54) is 31.4 Å². The van der Waals surface area contributed by atoms with Gasteiger partial charge in [0.1, 0.15) is 5.69 Å². The lowest BCUT2D eigenvalue weighted by atomic mass is 10.1. The molecule has 2 saturated heterocycles. The highest BCUT2D eigenvalue weighted by Gasteiger charge is 2.17. The maximum Gasteiger partial charge on any atom is 0.290 e. The second kappa shape index (κ2) is 10.4. The number of unbranched alkanes of at least 4 members (excludes halogenated alkanes) is 1. The lowest BCUT2D eigenvalue weighted by Crippen LogP contribution is -2.23. The number of hydrogen-bond donors (Lipinski definition) is 1. The lowest BCUT2D eigenvalue weighted by molar-refractivity contribution is 0.0950. The van der Waals surface area contributed by atoms with E-state index < -0.39 is 0 Å². The number of carbonyl (C=O) groups excluding carboxylic acids is 1. The summed E-state index contributed by atoms with van der Waals surface area (Å²) < 4.78 is 0. The molecule has 164 valence electrons. The Balaban J connectivity index is 1.50. The Bertz CT molecular complexity index is 916. The monoisotopic (exact) mass is 420 g/mol. The van der Waals surface area contributed by atoms with Crippen LogP contribution in [0.4, 0.5) is 11.4 Å². The number of nitrogens with one attached hydrogen (secondary N) is 1. The second-order valence-corrected chi connectivity index (χ2v) is 8.29. The normalized spacial score (nSPS) is 16.7. The van der Waals surface area contributed by atoms with Crippen molar-refractivity contribution < 1.29 is 4.79 Å². The quantitative estimate of drug-likeness (QED) is 0.516. The molecular formula is C24H32N6O. The molecule has 0 aliphatic carbocycles. The van der Waals surface area contributed by atoms with E-state index in [0.29, 0.717) is 5.69 Å². The SMILES string of the molecule is CCCC/C(=N/NC(=O)c1cc(N2CCCC2)ccn1)c1cc(N2CCCC2)ccn1. The minimum atomic E-state index is -0.286. The predicted molar refractivity (Wildman–Crippen MR) is 125 cm³/mol. The molecule has 7 heteroatoms. The number of nitrogens with zero attached hydrogens (tertiary/aromatic N) is 5. The van der Waals surface area contributed by atoms with Crippen molar-refractivity contribution in [3.8, 4) is 0 Å². The van der Waals surface area contributed by atoms with Gasteiger partial charge in [-0.2, -0.15) is 5.10 Å².